The molecular formula is C22H27N7O3. The van der Waals surface area contributed by atoms with Gasteiger partial charge in [0.15, 0.2) is 0 Å². The van der Waals surface area contributed by atoms with E-state index in [1.54, 1.807) is 36.1 Å². The van der Waals surface area contributed by atoms with Crippen molar-refractivity contribution in [2.24, 2.45) is 17.3 Å². The van der Waals surface area contributed by atoms with E-state index in [0.717, 1.165) is 17.2 Å². The first-order valence-corrected chi connectivity index (χ1v) is 10.1. The molecular weight excluding hydrogens is 410 g/mol. The number of aromatic nitrogens is 3. The number of aryl methyl sites for hydroxylation is 1. The van der Waals surface area contributed by atoms with Crippen LogP contribution in [0.1, 0.15) is 23.7 Å². The van der Waals surface area contributed by atoms with Crippen LogP contribution in [0, 0.1) is 0 Å². The zero-order chi connectivity index (χ0) is 23.3. The highest BCUT2D eigenvalue weighted by atomic mass is 16.5. The van der Waals surface area contributed by atoms with Crippen LogP contribution in [-0.4, -0.2) is 47.0 Å². The Morgan fingerprint density at radius 1 is 1.31 bits per heavy atom. The van der Waals surface area contributed by atoms with E-state index in [9.17, 15) is 4.79 Å². The van der Waals surface area contributed by atoms with Gasteiger partial charge in [-0.3, -0.25) is 9.48 Å². The van der Waals surface area contributed by atoms with Crippen molar-refractivity contribution in [1.29, 1.82) is 0 Å². The Hall–Kier alpha value is -3.79. The van der Waals surface area contributed by atoms with Gasteiger partial charge >= 0.3 is 0 Å². The Balaban J connectivity index is 1.88. The first-order chi connectivity index (χ1) is 15.3. The van der Waals surface area contributed by atoms with Gasteiger partial charge in [-0.2, -0.15) is 10.2 Å². The molecule has 3 aromatic rings. The normalized spacial score (nSPS) is 12.3. The van der Waals surface area contributed by atoms with E-state index in [2.05, 4.69) is 38.8 Å². The number of benzene rings is 1. The summed E-state index contributed by atoms with van der Waals surface area (Å²) in [6.07, 6.45) is 2.56. The third kappa shape index (κ3) is 4.92. The van der Waals surface area contributed by atoms with Crippen LogP contribution in [0.25, 0.3) is 21.8 Å². The van der Waals surface area contributed by atoms with Crippen LogP contribution in [0.15, 0.2) is 59.4 Å². The van der Waals surface area contributed by atoms with Crippen LogP contribution in [-0.2, 0) is 16.5 Å². The molecule has 1 atom stereocenters. The zero-order valence-electron chi connectivity index (χ0n) is 18.5. The summed E-state index contributed by atoms with van der Waals surface area (Å²) in [5, 5.41) is 16.6. The first-order valence-electron chi connectivity index (χ1n) is 10.1. The lowest BCUT2D eigenvalue weighted by Gasteiger charge is -2.18. The van der Waals surface area contributed by atoms with Gasteiger partial charge in [0.2, 0.25) is 5.88 Å². The molecule has 0 spiro atoms. The average molecular weight is 438 g/mol. The number of hydrogen-bond donors (Lipinski definition) is 2. The van der Waals surface area contributed by atoms with Gasteiger partial charge in [-0.15, -0.1) is 5.11 Å². The number of methoxy groups -OCH3 is 1. The number of nitrogens with two attached hydrogens (primary N) is 1. The largest absolute Gasteiger partial charge is 0.480 e. The topological polar surface area (TPSA) is 129 Å². The van der Waals surface area contributed by atoms with Gasteiger partial charge in [0.1, 0.15) is 11.3 Å². The summed E-state index contributed by atoms with van der Waals surface area (Å²) >= 11 is 0. The molecule has 0 saturated carbocycles. The number of fused-ring (bicyclic) bond motifs is 3. The standard InChI is InChI=1S/C22H27N7O3/c1-6-9-32-12-19(13(2)27-28-14(3)31-5)26-22(30)15-7-8-18-16(10-15)17-11-24-29(4)20(17)21(23)25-18/h7-8,10-11,19H,2-3,6,9,12H2,1,4-5H3,(H2,23,25)(H,26,30)/t19-/m1/s1. The lowest BCUT2D eigenvalue weighted by atomic mass is 10.1. The smallest absolute Gasteiger partial charge is 0.251 e. The molecule has 0 bridgehead atoms. The van der Waals surface area contributed by atoms with Crippen LogP contribution in [0.2, 0.25) is 0 Å². The molecule has 1 amide bonds. The number of azo groups is 1. The van der Waals surface area contributed by atoms with E-state index in [0.29, 0.717) is 34.7 Å². The van der Waals surface area contributed by atoms with Crippen molar-refractivity contribution in [3.63, 3.8) is 0 Å². The summed E-state index contributed by atoms with van der Waals surface area (Å²) in [6.45, 7) is 10.2. The highest BCUT2D eigenvalue weighted by molar-refractivity contribution is 6.10. The molecule has 0 aliphatic rings. The van der Waals surface area contributed by atoms with Crippen LogP contribution in [0.3, 0.4) is 0 Å². The number of carbonyl (C=O) groups is 1. The van der Waals surface area contributed by atoms with E-state index in [-0.39, 0.29) is 18.4 Å². The van der Waals surface area contributed by atoms with Crippen LogP contribution in [0.4, 0.5) is 5.82 Å². The predicted molar refractivity (Wildman–Crippen MR) is 123 cm³/mol. The van der Waals surface area contributed by atoms with Crippen molar-refractivity contribution in [1.82, 2.24) is 20.1 Å². The molecule has 3 rings (SSSR count). The second-order valence-corrected chi connectivity index (χ2v) is 7.15. The Kier molecular flexibility index (Phi) is 7.16. The molecule has 32 heavy (non-hydrogen) atoms. The number of nitrogens with one attached hydrogen (secondary N) is 1. The van der Waals surface area contributed by atoms with Gasteiger partial charge in [-0.05, 0) is 31.2 Å². The van der Waals surface area contributed by atoms with Gasteiger partial charge in [-0.25, -0.2) is 4.98 Å². The quantitative estimate of drug-likeness (QED) is 0.284. The maximum absolute atomic E-state index is 13.1. The highest BCUT2D eigenvalue weighted by Gasteiger charge is 2.19. The summed E-state index contributed by atoms with van der Waals surface area (Å²) in [6, 6.07) is 4.63. The number of nitrogens with zero attached hydrogens (tertiary/aromatic N) is 5. The molecule has 0 aliphatic heterocycles. The zero-order valence-corrected chi connectivity index (χ0v) is 18.5. The van der Waals surface area contributed by atoms with E-state index >= 15 is 0 Å². The van der Waals surface area contributed by atoms with Crippen molar-refractivity contribution in [3.05, 3.63) is 54.7 Å². The van der Waals surface area contributed by atoms with Gasteiger partial charge < -0.3 is 20.5 Å². The minimum Gasteiger partial charge on any atom is -0.480 e. The fourth-order valence-corrected chi connectivity index (χ4v) is 3.15. The summed E-state index contributed by atoms with van der Waals surface area (Å²) in [5.74, 6) is 0.206. The van der Waals surface area contributed by atoms with Crippen LogP contribution >= 0.6 is 0 Å². The van der Waals surface area contributed by atoms with Crippen LogP contribution in [0.5, 0.6) is 0 Å². The summed E-state index contributed by atoms with van der Waals surface area (Å²) in [5.41, 5.74) is 8.23. The number of carbonyl (C=O) groups excluding carboxylic acids is 1. The fraction of sp³-hybridized carbons (Fsp3) is 0.318. The number of hydrogen-bond acceptors (Lipinski definition) is 8. The third-order valence-electron chi connectivity index (χ3n) is 4.84. The molecule has 2 aromatic heterocycles. The maximum atomic E-state index is 13.1. The molecule has 168 valence electrons. The number of amides is 1. The minimum atomic E-state index is -0.582. The first kappa shape index (κ1) is 22.9. The molecule has 0 radical (unpaired) electrons. The van der Waals surface area contributed by atoms with E-state index in [4.69, 9.17) is 15.2 Å². The Labute approximate surface area is 185 Å². The van der Waals surface area contributed by atoms with E-state index < -0.39 is 6.04 Å². The number of nitrogen functional groups attached to an aromatic ring is 1. The molecule has 0 aliphatic carbocycles. The molecule has 0 fully saturated rings. The second-order valence-electron chi connectivity index (χ2n) is 7.15. The van der Waals surface area contributed by atoms with Crippen molar-refractivity contribution in [2.75, 3.05) is 26.1 Å². The molecule has 1 aromatic carbocycles. The average Bonchev–Trinajstić information content (AvgIpc) is 3.18. The Bertz CT molecular complexity index is 1200. The molecule has 2 heterocycles. The van der Waals surface area contributed by atoms with E-state index in [1.165, 1.54) is 7.11 Å². The lowest BCUT2D eigenvalue weighted by molar-refractivity contribution is 0.0866. The third-order valence-corrected chi connectivity index (χ3v) is 4.84. The van der Waals surface area contributed by atoms with Gasteiger partial charge in [0.25, 0.3) is 5.91 Å². The molecule has 3 N–H and O–H groups in total. The molecule has 0 unspecified atom stereocenters. The highest BCUT2D eigenvalue weighted by Crippen LogP contribution is 2.28. The Morgan fingerprint density at radius 2 is 2.09 bits per heavy atom. The summed E-state index contributed by atoms with van der Waals surface area (Å²) in [4.78, 5) is 17.5. The van der Waals surface area contributed by atoms with Crippen molar-refractivity contribution >= 4 is 33.5 Å². The summed E-state index contributed by atoms with van der Waals surface area (Å²) in [7, 11) is 3.23. The summed E-state index contributed by atoms with van der Waals surface area (Å²) < 4.78 is 12.2. The van der Waals surface area contributed by atoms with Crippen molar-refractivity contribution < 1.29 is 14.3 Å². The Morgan fingerprint density at radius 3 is 2.81 bits per heavy atom. The lowest BCUT2D eigenvalue weighted by Crippen LogP contribution is -2.39. The number of pyridine rings is 1. The number of ether oxygens (including phenoxy) is 2. The van der Waals surface area contributed by atoms with Crippen molar-refractivity contribution in [2.45, 2.75) is 19.4 Å². The van der Waals surface area contributed by atoms with Crippen molar-refractivity contribution in [3.8, 4) is 0 Å². The number of anilines is 1. The second kappa shape index (κ2) is 10.0. The predicted octanol–water partition coefficient (Wildman–Crippen LogP) is 3.31. The maximum Gasteiger partial charge on any atom is 0.251 e. The van der Waals surface area contributed by atoms with E-state index in [1.807, 2.05) is 6.92 Å². The van der Waals surface area contributed by atoms with Crippen LogP contribution < -0.4 is 11.1 Å². The minimum absolute atomic E-state index is 0.132. The monoisotopic (exact) mass is 437 g/mol. The van der Waals surface area contributed by atoms with Gasteiger partial charge in [0.05, 0.1) is 37.2 Å². The van der Waals surface area contributed by atoms with Gasteiger partial charge in [0, 0.05) is 30.0 Å². The number of rotatable bonds is 10. The molecule has 10 heteroatoms. The van der Waals surface area contributed by atoms with Gasteiger partial charge in [-0.1, -0.05) is 13.5 Å². The molecule has 0 saturated heterocycles. The fourth-order valence-electron chi connectivity index (χ4n) is 3.15. The molecule has 10 nitrogen and oxygen atoms in total. The SMILES string of the molecule is C=C(N=NC(=C)[C@@H](COCCC)NC(=O)c1ccc2nc(N)c3c(cnn3C)c2c1)OC.